The Morgan fingerprint density at radius 3 is 1.14 bits per heavy atom. The van der Waals surface area contributed by atoms with Crippen molar-refractivity contribution in [2.24, 2.45) is 0 Å². The van der Waals surface area contributed by atoms with Crippen LogP contribution in [0.5, 0.6) is 0 Å². The number of nitrogens with zero attached hydrogens (tertiary/aromatic N) is 2. The molecule has 0 spiro atoms. The van der Waals surface area contributed by atoms with Crippen molar-refractivity contribution in [3.63, 3.8) is 0 Å². The molecule has 0 saturated carbocycles. The first-order valence-corrected chi connectivity index (χ1v) is 15.9. The molecule has 0 aliphatic carbocycles. The summed E-state index contributed by atoms with van der Waals surface area (Å²) in [5.74, 6) is 7.61. The van der Waals surface area contributed by atoms with Crippen LogP contribution in [0, 0.1) is 47.5 Å². The molecule has 0 saturated heterocycles. The minimum Gasteiger partial charge on any atom is -0.189 e. The number of hydrogen-bond acceptors (Lipinski definition) is 2. The topological polar surface area (TPSA) is 25.8 Å². The van der Waals surface area contributed by atoms with Crippen LogP contribution < -0.4 is 0 Å². The van der Waals surface area contributed by atoms with Gasteiger partial charge < -0.3 is 0 Å². The summed E-state index contributed by atoms with van der Waals surface area (Å²) in [6.07, 6.45) is 3.24. The molecule has 4 aromatic carbocycles. The van der Waals surface area contributed by atoms with Crippen molar-refractivity contribution in [3.8, 4) is 45.9 Å². The molecule has 0 unspecified atom stereocenters. The predicted octanol–water partition coefficient (Wildman–Crippen LogP) is 10.4. The molecule has 6 aromatic rings. The molecule has 6 rings (SSSR count). The number of hydrogen-bond donors (Lipinski definition) is 0. The molecule has 49 heavy (non-hydrogen) atoms. The lowest BCUT2D eigenvalue weighted by Gasteiger charge is -2.04. The van der Waals surface area contributed by atoms with Crippen LogP contribution >= 0.6 is 0 Å². The Labute approximate surface area is 284 Å². The van der Waals surface area contributed by atoms with Gasteiger partial charge in [0, 0.05) is 11.1 Å². The van der Waals surface area contributed by atoms with E-state index in [0.717, 1.165) is 64.8 Å². The predicted molar refractivity (Wildman–Crippen MR) is 187 cm³/mol. The highest BCUT2D eigenvalue weighted by atomic mass is 19.1. The van der Waals surface area contributed by atoms with E-state index < -0.39 is 23.8 Å². The SMILES string of the molecule is CCCc1ccc(-c2ccc(C#Cc3ccc(F)nc3F)cc2)cc1.CCc1ccc(-c2ccc(C#Cc3ccc(F)nc3F)cc2)cc1. The van der Waals surface area contributed by atoms with E-state index in [1.54, 1.807) is 0 Å². The zero-order valence-corrected chi connectivity index (χ0v) is 27.1. The third kappa shape index (κ3) is 9.76. The summed E-state index contributed by atoms with van der Waals surface area (Å²) in [5.41, 5.74) is 8.80. The number of rotatable bonds is 5. The van der Waals surface area contributed by atoms with Gasteiger partial charge in [0.15, 0.2) is 0 Å². The lowest BCUT2D eigenvalue weighted by Crippen LogP contribution is -1.91. The highest BCUT2D eigenvalue weighted by Crippen LogP contribution is 2.22. The summed E-state index contributed by atoms with van der Waals surface area (Å²) in [6.45, 7) is 4.30. The highest BCUT2D eigenvalue weighted by molar-refractivity contribution is 5.66. The molecule has 242 valence electrons. The molecule has 6 heteroatoms. The highest BCUT2D eigenvalue weighted by Gasteiger charge is 2.04. The average Bonchev–Trinajstić information content (AvgIpc) is 3.12. The molecule has 0 aliphatic rings. The van der Waals surface area contributed by atoms with E-state index in [0.29, 0.717) is 0 Å². The molecule has 0 N–H and O–H groups in total. The smallest absolute Gasteiger partial charge is 0.189 e. The van der Waals surface area contributed by atoms with Gasteiger partial charge in [0.05, 0.1) is 11.1 Å². The lowest BCUT2D eigenvalue weighted by molar-refractivity contribution is 0.510. The second-order valence-corrected chi connectivity index (χ2v) is 11.1. The van der Waals surface area contributed by atoms with Gasteiger partial charge in [-0.25, -0.2) is 0 Å². The second kappa shape index (κ2) is 16.7. The Morgan fingerprint density at radius 1 is 0.429 bits per heavy atom. The summed E-state index contributed by atoms with van der Waals surface area (Å²) in [7, 11) is 0. The zero-order chi connectivity index (χ0) is 34.6. The minimum absolute atomic E-state index is 0.0793. The van der Waals surface area contributed by atoms with Crippen molar-refractivity contribution >= 4 is 0 Å². The number of halogens is 4. The van der Waals surface area contributed by atoms with Gasteiger partial charge in [-0.15, -0.1) is 0 Å². The van der Waals surface area contributed by atoms with Crippen LogP contribution in [0.2, 0.25) is 0 Å². The van der Waals surface area contributed by atoms with Crippen molar-refractivity contribution in [3.05, 3.63) is 178 Å². The van der Waals surface area contributed by atoms with Crippen LogP contribution in [0.3, 0.4) is 0 Å². The monoisotopic (exact) mass is 652 g/mol. The van der Waals surface area contributed by atoms with Gasteiger partial charge in [0.1, 0.15) is 0 Å². The lowest BCUT2D eigenvalue weighted by atomic mass is 10.0. The Bertz CT molecular complexity index is 2130. The van der Waals surface area contributed by atoms with Crippen LogP contribution in [-0.2, 0) is 12.8 Å². The fourth-order valence-corrected chi connectivity index (χ4v) is 4.87. The van der Waals surface area contributed by atoms with Crippen molar-refractivity contribution < 1.29 is 17.6 Å². The number of aromatic nitrogens is 2. The summed E-state index contributed by atoms with van der Waals surface area (Å²) in [4.78, 5) is 6.24. The summed E-state index contributed by atoms with van der Waals surface area (Å²) < 4.78 is 52.5. The molecule has 0 aliphatic heterocycles. The Morgan fingerprint density at radius 2 is 0.796 bits per heavy atom. The van der Waals surface area contributed by atoms with E-state index in [4.69, 9.17) is 0 Å². The fraction of sp³-hybridized carbons (Fsp3) is 0.116. The van der Waals surface area contributed by atoms with E-state index in [9.17, 15) is 17.6 Å². The largest absolute Gasteiger partial charge is 0.231 e. The maximum Gasteiger partial charge on any atom is 0.231 e. The normalized spacial score (nSPS) is 10.2. The molecule has 2 nitrogen and oxygen atoms in total. The summed E-state index contributed by atoms with van der Waals surface area (Å²) >= 11 is 0. The van der Waals surface area contributed by atoms with Crippen molar-refractivity contribution in [2.75, 3.05) is 0 Å². The average molecular weight is 653 g/mol. The number of benzene rings is 4. The van der Waals surface area contributed by atoms with E-state index in [1.807, 2.05) is 48.5 Å². The van der Waals surface area contributed by atoms with E-state index in [-0.39, 0.29) is 11.1 Å². The molecule has 2 aromatic heterocycles. The molecule has 0 radical (unpaired) electrons. The van der Waals surface area contributed by atoms with Crippen LogP contribution in [0.15, 0.2) is 121 Å². The summed E-state index contributed by atoms with van der Waals surface area (Å²) in [6, 6.07) is 37.2. The summed E-state index contributed by atoms with van der Waals surface area (Å²) in [5, 5.41) is 0. The Hall–Kier alpha value is -5.98. The van der Waals surface area contributed by atoms with Crippen molar-refractivity contribution in [1.29, 1.82) is 0 Å². The maximum atomic E-state index is 13.5. The van der Waals surface area contributed by atoms with Gasteiger partial charge in [-0.3, -0.25) is 0 Å². The first-order valence-electron chi connectivity index (χ1n) is 15.9. The van der Waals surface area contributed by atoms with Crippen molar-refractivity contribution in [1.82, 2.24) is 9.97 Å². The standard InChI is InChI=1S/C22H17F2N.C21H15F2N/c1-2-3-16-4-9-18(10-5-16)19-11-6-17(7-12-19)8-13-20-14-15-21(23)25-22(20)24;1-2-15-3-8-17(9-4-15)18-10-5-16(6-11-18)7-12-19-13-14-20(22)24-21(19)23/h4-7,9-12,14-15H,2-3H2,1H3;3-6,8-11,13-14H,2H2,1H3. The molecular formula is C43H32F4N2. The van der Waals surface area contributed by atoms with Crippen LogP contribution in [0.4, 0.5) is 17.6 Å². The number of pyridine rings is 2. The third-order valence-electron chi connectivity index (χ3n) is 7.60. The maximum absolute atomic E-state index is 13.5. The first kappa shape index (κ1) is 34.4. The first-order chi connectivity index (χ1) is 23.8. The van der Waals surface area contributed by atoms with Gasteiger partial charge in [0.2, 0.25) is 23.8 Å². The Balaban J connectivity index is 0.000000191. The zero-order valence-electron chi connectivity index (χ0n) is 27.1. The van der Waals surface area contributed by atoms with Gasteiger partial charge >= 0.3 is 0 Å². The van der Waals surface area contributed by atoms with Gasteiger partial charge in [-0.05, 0) is 94.8 Å². The van der Waals surface area contributed by atoms with Gasteiger partial charge in [-0.2, -0.15) is 27.5 Å². The fourth-order valence-electron chi connectivity index (χ4n) is 4.87. The quantitative estimate of drug-likeness (QED) is 0.105. The van der Waals surface area contributed by atoms with Gasteiger partial charge in [-0.1, -0.05) is 117 Å². The van der Waals surface area contributed by atoms with Crippen molar-refractivity contribution in [2.45, 2.75) is 33.1 Å². The number of aryl methyl sites for hydroxylation is 2. The van der Waals surface area contributed by atoms with Crippen LogP contribution in [-0.4, -0.2) is 9.97 Å². The molecular weight excluding hydrogens is 620 g/mol. The molecule has 0 amide bonds. The molecule has 0 fully saturated rings. The van der Waals surface area contributed by atoms with Crippen LogP contribution in [0.1, 0.15) is 53.6 Å². The second-order valence-electron chi connectivity index (χ2n) is 11.1. The third-order valence-corrected chi connectivity index (χ3v) is 7.60. The minimum atomic E-state index is -0.893. The van der Waals surface area contributed by atoms with E-state index >= 15 is 0 Å². The molecule has 0 bridgehead atoms. The van der Waals surface area contributed by atoms with Gasteiger partial charge in [0.25, 0.3) is 0 Å². The van der Waals surface area contributed by atoms with Crippen LogP contribution in [0.25, 0.3) is 22.3 Å². The van der Waals surface area contributed by atoms with E-state index in [1.165, 1.54) is 23.3 Å². The molecule has 2 heterocycles. The Kier molecular flexibility index (Phi) is 11.7. The molecule has 0 atom stereocenters. The van der Waals surface area contributed by atoms with E-state index in [2.05, 4.69) is 96.0 Å².